The normalized spacial score (nSPS) is 13.2. The quantitative estimate of drug-likeness (QED) is 0.611. The van der Waals surface area contributed by atoms with Crippen LogP contribution in [0.5, 0.6) is 0 Å². The van der Waals surface area contributed by atoms with Crippen molar-refractivity contribution in [3.8, 4) is 0 Å². The molecule has 0 heterocycles. The van der Waals surface area contributed by atoms with Crippen LogP contribution >= 0.6 is 0 Å². The fourth-order valence-electron chi connectivity index (χ4n) is 1.44. The number of rotatable bonds is 7. The summed E-state index contributed by atoms with van der Waals surface area (Å²) in [5.74, 6) is -0.739. The van der Waals surface area contributed by atoms with Gasteiger partial charge in [-0.3, -0.25) is 9.69 Å². The number of hydrogen-bond acceptors (Lipinski definition) is 3. The van der Waals surface area contributed by atoms with Crippen molar-refractivity contribution >= 4 is 5.97 Å². The summed E-state index contributed by atoms with van der Waals surface area (Å²) in [6, 6.07) is -0.362. The lowest BCUT2D eigenvalue weighted by molar-refractivity contribution is -0.143. The molecule has 0 saturated carbocycles. The van der Waals surface area contributed by atoms with Crippen LogP contribution in [-0.4, -0.2) is 41.7 Å². The molecule has 78 valence electrons. The number of nitrogens with two attached hydrogens (primary N) is 1. The first kappa shape index (κ1) is 12.4. The zero-order valence-corrected chi connectivity index (χ0v) is 8.49. The zero-order valence-electron chi connectivity index (χ0n) is 8.49. The highest BCUT2D eigenvalue weighted by Crippen LogP contribution is 2.06. The zero-order chi connectivity index (χ0) is 10.3. The van der Waals surface area contributed by atoms with E-state index in [1.165, 1.54) is 0 Å². The van der Waals surface area contributed by atoms with Crippen molar-refractivity contribution in [1.29, 1.82) is 0 Å². The molecule has 0 bridgehead atoms. The van der Waals surface area contributed by atoms with Crippen LogP contribution in [0.4, 0.5) is 0 Å². The van der Waals surface area contributed by atoms with E-state index in [0.29, 0.717) is 13.0 Å². The van der Waals surface area contributed by atoms with Crippen molar-refractivity contribution in [2.45, 2.75) is 32.7 Å². The Balaban J connectivity index is 4.12. The number of nitrogens with zero attached hydrogens (tertiary/aromatic N) is 1. The number of carboxylic acid groups (broad SMARTS) is 1. The molecule has 4 heteroatoms. The maximum atomic E-state index is 10.9. The van der Waals surface area contributed by atoms with Crippen molar-refractivity contribution in [3.63, 3.8) is 0 Å². The van der Waals surface area contributed by atoms with E-state index in [4.69, 9.17) is 10.8 Å². The Morgan fingerprint density at radius 2 is 2.00 bits per heavy atom. The predicted molar refractivity (Wildman–Crippen MR) is 52.6 cm³/mol. The van der Waals surface area contributed by atoms with Crippen molar-refractivity contribution in [3.05, 3.63) is 0 Å². The van der Waals surface area contributed by atoms with Gasteiger partial charge in [-0.05, 0) is 32.5 Å². The lowest BCUT2D eigenvalue weighted by Gasteiger charge is -2.25. The molecule has 0 radical (unpaired) electrons. The molecule has 0 aromatic heterocycles. The Bertz CT molecular complexity index is 147. The van der Waals surface area contributed by atoms with E-state index in [1.807, 2.05) is 18.7 Å². The van der Waals surface area contributed by atoms with Gasteiger partial charge in [0.2, 0.25) is 0 Å². The van der Waals surface area contributed by atoms with Crippen LogP contribution in [0.25, 0.3) is 0 Å². The fraction of sp³-hybridized carbons (Fsp3) is 0.889. The molecular weight excluding hydrogens is 168 g/mol. The van der Waals surface area contributed by atoms with Gasteiger partial charge in [-0.2, -0.15) is 0 Å². The van der Waals surface area contributed by atoms with Crippen LogP contribution in [0.15, 0.2) is 0 Å². The standard InChI is InChI=1S/C9H20N2O2/c1-3-11(4-2)8(9(12)13)6-5-7-10/h8H,3-7,10H2,1-2H3,(H,12,13). The van der Waals surface area contributed by atoms with Crippen molar-refractivity contribution in [2.24, 2.45) is 5.73 Å². The van der Waals surface area contributed by atoms with Crippen LogP contribution in [0.1, 0.15) is 26.7 Å². The molecule has 0 fully saturated rings. The second kappa shape index (κ2) is 6.86. The van der Waals surface area contributed by atoms with E-state index in [0.717, 1.165) is 19.5 Å². The first-order valence-electron chi connectivity index (χ1n) is 4.84. The smallest absolute Gasteiger partial charge is 0.320 e. The van der Waals surface area contributed by atoms with Gasteiger partial charge in [0.25, 0.3) is 0 Å². The Kier molecular flexibility index (Phi) is 6.54. The highest BCUT2D eigenvalue weighted by Gasteiger charge is 2.21. The third-order valence-corrected chi connectivity index (χ3v) is 2.22. The molecule has 0 saturated heterocycles. The van der Waals surface area contributed by atoms with Crippen LogP contribution in [0.3, 0.4) is 0 Å². The Morgan fingerprint density at radius 1 is 1.46 bits per heavy atom. The Morgan fingerprint density at radius 3 is 2.31 bits per heavy atom. The summed E-state index contributed by atoms with van der Waals surface area (Å²) >= 11 is 0. The van der Waals surface area contributed by atoms with E-state index in [-0.39, 0.29) is 6.04 Å². The molecule has 0 aromatic carbocycles. The van der Waals surface area contributed by atoms with Gasteiger partial charge in [0, 0.05) is 0 Å². The first-order chi connectivity index (χ1) is 6.17. The van der Waals surface area contributed by atoms with Crippen LogP contribution in [-0.2, 0) is 4.79 Å². The average Bonchev–Trinajstić information content (AvgIpc) is 2.11. The number of aliphatic carboxylic acids is 1. The van der Waals surface area contributed by atoms with Gasteiger partial charge >= 0.3 is 5.97 Å². The second-order valence-electron chi connectivity index (χ2n) is 3.01. The molecule has 0 spiro atoms. The first-order valence-corrected chi connectivity index (χ1v) is 4.84. The van der Waals surface area contributed by atoms with Gasteiger partial charge in [0.15, 0.2) is 0 Å². The summed E-state index contributed by atoms with van der Waals surface area (Å²) in [4.78, 5) is 12.8. The van der Waals surface area contributed by atoms with Crippen molar-refractivity contribution < 1.29 is 9.90 Å². The van der Waals surface area contributed by atoms with Crippen LogP contribution in [0.2, 0.25) is 0 Å². The van der Waals surface area contributed by atoms with E-state index in [9.17, 15) is 4.79 Å². The number of carbonyl (C=O) groups is 1. The lowest BCUT2D eigenvalue weighted by atomic mass is 10.1. The number of carboxylic acids is 1. The van der Waals surface area contributed by atoms with Gasteiger partial charge < -0.3 is 10.8 Å². The summed E-state index contributed by atoms with van der Waals surface area (Å²) < 4.78 is 0. The summed E-state index contributed by atoms with van der Waals surface area (Å²) in [7, 11) is 0. The maximum Gasteiger partial charge on any atom is 0.320 e. The summed E-state index contributed by atoms with van der Waals surface area (Å²) in [6.07, 6.45) is 1.42. The van der Waals surface area contributed by atoms with E-state index in [2.05, 4.69) is 0 Å². The molecule has 0 aliphatic heterocycles. The Labute approximate surface area is 79.7 Å². The second-order valence-corrected chi connectivity index (χ2v) is 3.01. The topological polar surface area (TPSA) is 66.6 Å². The highest BCUT2D eigenvalue weighted by atomic mass is 16.4. The number of likely N-dealkylation sites (N-methyl/N-ethyl adjacent to an activating group) is 1. The minimum atomic E-state index is -0.739. The van der Waals surface area contributed by atoms with Gasteiger partial charge in [-0.1, -0.05) is 13.8 Å². The third kappa shape index (κ3) is 4.24. The third-order valence-electron chi connectivity index (χ3n) is 2.22. The fourth-order valence-corrected chi connectivity index (χ4v) is 1.44. The van der Waals surface area contributed by atoms with Gasteiger partial charge in [0.05, 0.1) is 0 Å². The number of hydrogen-bond donors (Lipinski definition) is 2. The van der Waals surface area contributed by atoms with Gasteiger partial charge in [-0.25, -0.2) is 0 Å². The molecule has 0 amide bonds. The van der Waals surface area contributed by atoms with Crippen LogP contribution < -0.4 is 5.73 Å². The highest BCUT2D eigenvalue weighted by molar-refractivity contribution is 5.73. The Hall–Kier alpha value is -0.610. The molecular formula is C9H20N2O2. The molecule has 4 nitrogen and oxygen atoms in total. The molecule has 0 aliphatic carbocycles. The molecule has 13 heavy (non-hydrogen) atoms. The SMILES string of the molecule is CCN(CC)C(CCCN)C(=O)O. The molecule has 1 atom stereocenters. The molecule has 3 N–H and O–H groups in total. The van der Waals surface area contributed by atoms with E-state index < -0.39 is 5.97 Å². The molecule has 0 aliphatic rings. The van der Waals surface area contributed by atoms with Crippen molar-refractivity contribution in [1.82, 2.24) is 4.90 Å². The molecule has 1 unspecified atom stereocenters. The van der Waals surface area contributed by atoms with E-state index in [1.54, 1.807) is 0 Å². The largest absolute Gasteiger partial charge is 0.480 e. The minimum absolute atomic E-state index is 0.362. The molecule has 0 aromatic rings. The monoisotopic (exact) mass is 188 g/mol. The predicted octanol–water partition coefficient (Wildman–Crippen LogP) is 0.520. The van der Waals surface area contributed by atoms with Crippen LogP contribution in [0, 0.1) is 0 Å². The van der Waals surface area contributed by atoms with E-state index >= 15 is 0 Å². The van der Waals surface area contributed by atoms with Gasteiger partial charge in [-0.15, -0.1) is 0 Å². The van der Waals surface area contributed by atoms with Gasteiger partial charge in [0.1, 0.15) is 6.04 Å². The summed E-state index contributed by atoms with van der Waals surface area (Å²) in [6.45, 7) is 6.06. The molecule has 0 rings (SSSR count). The van der Waals surface area contributed by atoms with Crippen molar-refractivity contribution in [2.75, 3.05) is 19.6 Å². The minimum Gasteiger partial charge on any atom is -0.480 e. The average molecular weight is 188 g/mol. The maximum absolute atomic E-state index is 10.9. The summed E-state index contributed by atoms with van der Waals surface area (Å²) in [5.41, 5.74) is 5.35. The lowest BCUT2D eigenvalue weighted by Crippen LogP contribution is -2.41. The summed E-state index contributed by atoms with van der Waals surface area (Å²) in [5, 5.41) is 8.95.